The fourth-order valence-corrected chi connectivity index (χ4v) is 1.10. The van der Waals surface area contributed by atoms with E-state index >= 15 is 0 Å². The standard InChI is InChI=1S/C7H17N3/c1-7(2,3)10-5-6(8)4-9-10/h6,9H,4-5,8H2,1-3H3. The second kappa shape index (κ2) is 2.49. The Bertz CT molecular complexity index is 117. The van der Waals surface area contributed by atoms with Crippen molar-refractivity contribution in [3.8, 4) is 0 Å². The summed E-state index contributed by atoms with van der Waals surface area (Å²) < 4.78 is 0. The molecule has 0 spiro atoms. The average molecular weight is 143 g/mol. The van der Waals surface area contributed by atoms with Gasteiger partial charge in [-0.1, -0.05) is 0 Å². The Labute approximate surface area is 62.5 Å². The molecule has 3 N–H and O–H groups in total. The van der Waals surface area contributed by atoms with Crippen molar-refractivity contribution in [2.45, 2.75) is 32.4 Å². The van der Waals surface area contributed by atoms with E-state index in [4.69, 9.17) is 5.73 Å². The van der Waals surface area contributed by atoms with Gasteiger partial charge < -0.3 is 5.73 Å². The number of nitrogens with one attached hydrogen (secondary N) is 1. The zero-order valence-corrected chi connectivity index (χ0v) is 7.02. The third-order valence-electron chi connectivity index (χ3n) is 1.77. The summed E-state index contributed by atoms with van der Waals surface area (Å²) in [5.74, 6) is 0. The highest BCUT2D eigenvalue weighted by Gasteiger charge is 2.27. The Kier molecular flexibility index (Phi) is 1.99. The van der Waals surface area contributed by atoms with Crippen LogP contribution in [0.1, 0.15) is 20.8 Å². The van der Waals surface area contributed by atoms with Crippen LogP contribution in [0.3, 0.4) is 0 Å². The van der Waals surface area contributed by atoms with Crippen LogP contribution in [0.2, 0.25) is 0 Å². The highest BCUT2D eigenvalue weighted by Crippen LogP contribution is 2.12. The molecule has 3 nitrogen and oxygen atoms in total. The van der Waals surface area contributed by atoms with Crippen LogP contribution in [-0.4, -0.2) is 29.7 Å². The Hall–Kier alpha value is -0.120. The fraction of sp³-hybridized carbons (Fsp3) is 1.00. The highest BCUT2D eigenvalue weighted by molar-refractivity contribution is 4.83. The van der Waals surface area contributed by atoms with Gasteiger partial charge in [0.05, 0.1) is 0 Å². The van der Waals surface area contributed by atoms with Gasteiger partial charge >= 0.3 is 0 Å². The zero-order valence-electron chi connectivity index (χ0n) is 7.02. The Morgan fingerprint density at radius 1 is 1.50 bits per heavy atom. The Morgan fingerprint density at radius 3 is 2.30 bits per heavy atom. The SMILES string of the molecule is CC(C)(C)N1CC(N)CN1. The van der Waals surface area contributed by atoms with Gasteiger partial charge in [-0.05, 0) is 20.8 Å². The first-order valence-electron chi connectivity index (χ1n) is 3.77. The van der Waals surface area contributed by atoms with Gasteiger partial charge in [-0.25, -0.2) is 5.01 Å². The highest BCUT2D eigenvalue weighted by atomic mass is 15.6. The molecule has 0 aliphatic carbocycles. The lowest BCUT2D eigenvalue weighted by Gasteiger charge is -2.30. The number of hydrogen-bond acceptors (Lipinski definition) is 3. The first-order valence-corrected chi connectivity index (χ1v) is 3.77. The van der Waals surface area contributed by atoms with E-state index in [1.165, 1.54) is 0 Å². The number of hydrogen-bond donors (Lipinski definition) is 2. The zero-order chi connectivity index (χ0) is 7.78. The summed E-state index contributed by atoms with van der Waals surface area (Å²) in [7, 11) is 0. The lowest BCUT2D eigenvalue weighted by molar-refractivity contribution is 0.114. The van der Waals surface area contributed by atoms with Crippen molar-refractivity contribution in [1.82, 2.24) is 10.4 Å². The van der Waals surface area contributed by atoms with E-state index in [1.807, 2.05) is 0 Å². The molecule has 1 atom stereocenters. The minimum atomic E-state index is 0.202. The predicted molar refractivity (Wildman–Crippen MR) is 42.4 cm³/mol. The number of hydrazine groups is 1. The second-order valence-corrected chi connectivity index (χ2v) is 3.90. The molecule has 0 aromatic heterocycles. The largest absolute Gasteiger partial charge is 0.325 e. The second-order valence-electron chi connectivity index (χ2n) is 3.90. The number of rotatable bonds is 0. The molecule has 1 rings (SSSR count). The van der Waals surface area contributed by atoms with Gasteiger partial charge in [-0.3, -0.25) is 5.43 Å². The van der Waals surface area contributed by atoms with Crippen LogP contribution < -0.4 is 11.2 Å². The summed E-state index contributed by atoms with van der Waals surface area (Å²) >= 11 is 0. The minimum absolute atomic E-state index is 0.202. The third kappa shape index (κ3) is 1.68. The van der Waals surface area contributed by atoms with Crippen molar-refractivity contribution in [3.05, 3.63) is 0 Å². The van der Waals surface area contributed by atoms with Gasteiger partial charge in [0.1, 0.15) is 0 Å². The van der Waals surface area contributed by atoms with Gasteiger partial charge in [-0.15, -0.1) is 0 Å². The van der Waals surface area contributed by atoms with Crippen molar-refractivity contribution in [2.24, 2.45) is 5.73 Å². The molecule has 1 heterocycles. The summed E-state index contributed by atoms with van der Waals surface area (Å²) in [5.41, 5.74) is 9.17. The molecule has 0 aromatic carbocycles. The van der Waals surface area contributed by atoms with Gasteiger partial charge in [0.25, 0.3) is 0 Å². The molecule has 0 aromatic rings. The quantitative estimate of drug-likeness (QED) is 0.499. The van der Waals surface area contributed by atoms with Gasteiger partial charge in [0, 0.05) is 24.7 Å². The fourth-order valence-electron chi connectivity index (χ4n) is 1.10. The van der Waals surface area contributed by atoms with Crippen LogP contribution in [0.5, 0.6) is 0 Å². The maximum Gasteiger partial charge on any atom is 0.0323 e. The van der Waals surface area contributed by atoms with Crippen molar-refractivity contribution in [1.29, 1.82) is 0 Å². The van der Waals surface area contributed by atoms with E-state index in [0.29, 0.717) is 6.04 Å². The smallest absolute Gasteiger partial charge is 0.0323 e. The molecule has 1 saturated heterocycles. The topological polar surface area (TPSA) is 41.3 Å². The van der Waals surface area contributed by atoms with E-state index in [9.17, 15) is 0 Å². The average Bonchev–Trinajstić information content (AvgIpc) is 2.11. The van der Waals surface area contributed by atoms with E-state index in [-0.39, 0.29) is 5.54 Å². The monoisotopic (exact) mass is 143 g/mol. The first-order chi connectivity index (χ1) is 4.50. The molecule has 1 fully saturated rings. The van der Waals surface area contributed by atoms with E-state index in [0.717, 1.165) is 13.1 Å². The summed E-state index contributed by atoms with van der Waals surface area (Å²) in [6.45, 7) is 8.41. The molecular formula is C7H17N3. The van der Waals surface area contributed by atoms with Crippen LogP contribution >= 0.6 is 0 Å². The lowest BCUT2D eigenvalue weighted by atomic mass is 10.1. The van der Waals surface area contributed by atoms with Crippen LogP contribution in [0.15, 0.2) is 0 Å². The van der Waals surface area contributed by atoms with Crippen LogP contribution in [-0.2, 0) is 0 Å². The Balaban J connectivity index is 2.45. The third-order valence-corrected chi connectivity index (χ3v) is 1.77. The molecule has 0 bridgehead atoms. The molecule has 10 heavy (non-hydrogen) atoms. The van der Waals surface area contributed by atoms with E-state index in [1.54, 1.807) is 0 Å². The predicted octanol–water partition coefficient (Wildman–Crippen LogP) is -0.0676. The summed E-state index contributed by atoms with van der Waals surface area (Å²) in [6, 6.07) is 0.305. The number of nitrogens with zero attached hydrogens (tertiary/aromatic N) is 1. The molecular weight excluding hydrogens is 126 g/mol. The summed E-state index contributed by atoms with van der Waals surface area (Å²) in [6.07, 6.45) is 0. The number of nitrogens with two attached hydrogens (primary N) is 1. The van der Waals surface area contributed by atoms with E-state index in [2.05, 4.69) is 31.2 Å². The van der Waals surface area contributed by atoms with Crippen LogP contribution in [0, 0.1) is 0 Å². The van der Waals surface area contributed by atoms with Gasteiger partial charge in [-0.2, -0.15) is 0 Å². The maximum atomic E-state index is 5.72. The molecule has 0 saturated carbocycles. The Morgan fingerprint density at radius 2 is 2.10 bits per heavy atom. The molecule has 3 heteroatoms. The lowest BCUT2D eigenvalue weighted by Crippen LogP contribution is -2.46. The molecule has 1 aliphatic heterocycles. The molecule has 60 valence electrons. The molecule has 0 radical (unpaired) electrons. The van der Waals surface area contributed by atoms with Crippen molar-refractivity contribution in [3.63, 3.8) is 0 Å². The summed E-state index contributed by atoms with van der Waals surface area (Å²) in [5, 5.41) is 2.19. The maximum absolute atomic E-state index is 5.72. The van der Waals surface area contributed by atoms with Crippen molar-refractivity contribution in [2.75, 3.05) is 13.1 Å². The van der Waals surface area contributed by atoms with E-state index < -0.39 is 0 Å². The molecule has 0 amide bonds. The van der Waals surface area contributed by atoms with Crippen LogP contribution in [0.25, 0.3) is 0 Å². The normalized spacial score (nSPS) is 29.4. The molecule has 1 unspecified atom stereocenters. The van der Waals surface area contributed by atoms with Crippen molar-refractivity contribution >= 4 is 0 Å². The summed E-state index contributed by atoms with van der Waals surface area (Å²) in [4.78, 5) is 0. The van der Waals surface area contributed by atoms with Gasteiger partial charge in [0.2, 0.25) is 0 Å². The molecule has 1 aliphatic rings. The van der Waals surface area contributed by atoms with Gasteiger partial charge in [0.15, 0.2) is 0 Å². The minimum Gasteiger partial charge on any atom is -0.325 e. The first kappa shape index (κ1) is 7.98. The van der Waals surface area contributed by atoms with Crippen LogP contribution in [0.4, 0.5) is 0 Å². The van der Waals surface area contributed by atoms with Crippen molar-refractivity contribution < 1.29 is 0 Å².